The third kappa shape index (κ3) is 6.01. The summed E-state index contributed by atoms with van der Waals surface area (Å²) in [5.41, 5.74) is 1.92. The molecule has 0 radical (unpaired) electrons. The highest BCUT2D eigenvalue weighted by Gasteiger charge is 2.54. The first-order valence-electron chi connectivity index (χ1n) is 14.4. The molecule has 0 unspecified atom stereocenters. The quantitative estimate of drug-likeness (QED) is 0.318. The summed E-state index contributed by atoms with van der Waals surface area (Å²) in [5.74, 6) is 0.0889. The van der Waals surface area contributed by atoms with Crippen molar-refractivity contribution >= 4 is 17.8 Å². The van der Waals surface area contributed by atoms with Gasteiger partial charge in [-0.1, -0.05) is 42.5 Å². The van der Waals surface area contributed by atoms with Crippen molar-refractivity contribution in [1.29, 1.82) is 0 Å². The van der Waals surface area contributed by atoms with E-state index < -0.39 is 11.3 Å². The Morgan fingerprint density at radius 3 is 2.73 bits per heavy atom. The Morgan fingerprint density at radius 2 is 1.90 bits per heavy atom. The minimum Gasteiger partial charge on any atom is -0.465 e. The molecule has 0 saturated carbocycles. The van der Waals surface area contributed by atoms with Crippen molar-refractivity contribution in [1.82, 2.24) is 10.2 Å². The molecule has 2 amide bonds. The van der Waals surface area contributed by atoms with Crippen LogP contribution in [0.3, 0.4) is 0 Å². The van der Waals surface area contributed by atoms with Crippen LogP contribution >= 0.6 is 0 Å². The molecule has 0 spiro atoms. The number of allylic oxidation sites excluding steroid dienone is 1. The van der Waals surface area contributed by atoms with Crippen LogP contribution in [-0.4, -0.2) is 42.6 Å². The fourth-order valence-corrected chi connectivity index (χ4v) is 6.11. The van der Waals surface area contributed by atoms with Gasteiger partial charge in [0, 0.05) is 24.6 Å². The topological polar surface area (TPSA) is 94.2 Å². The second-order valence-electron chi connectivity index (χ2n) is 10.8. The van der Waals surface area contributed by atoms with E-state index in [2.05, 4.69) is 17.4 Å². The van der Waals surface area contributed by atoms with Crippen molar-refractivity contribution in [2.75, 3.05) is 19.9 Å². The predicted octanol–water partition coefficient (Wildman–Crippen LogP) is 4.91. The highest BCUT2D eigenvalue weighted by atomic mass is 16.7. The number of amides is 2. The second kappa shape index (κ2) is 12.6. The lowest BCUT2D eigenvalue weighted by Gasteiger charge is -2.48. The molecule has 1 saturated heterocycles. The first kappa shape index (κ1) is 27.7. The lowest BCUT2D eigenvalue weighted by Crippen LogP contribution is -2.54. The van der Waals surface area contributed by atoms with Crippen LogP contribution in [0.2, 0.25) is 0 Å². The fourth-order valence-electron chi connectivity index (χ4n) is 6.11. The zero-order valence-electron chi connectivity index (χ0n) is 23.2. The van der Waals surface area contributed by atoms with Crippen LogP contribution in [0, 0.1) is 11.3 Å². The Kier molecular flexibility index (Phi) is 8.72. The van der Waals surface area contributed by atoms with Gasteiger partial charge in [-0.15, -0.1) is 0 Å². The lowest BCUT2D eigenvalue weighted by molar-refractivity contribution is -0.162. The molecular weight excluding hydrogens is 508 g/mol. The number of rotatable bonds is 11. The number of hydrogen-bond donors (Lipinski definition) is 1. The monoisotopic (exact) mass is 546 g/mol. The van der Waals surface area contributed by atoms with Gasteiger partial charge in [-0.2, -0.15) is 0 Å². The van der Waals surface area contributed by atoms with E-state index in [-0.39, 0.29) is 50.6 Å². The van der Waals surface area contributed by atoms with Gasteiger partial charge in [0.05, 0.1) is 13.2 Å². The van der Waals surface area contributed by atoms with E-state index >= 15 is 0 Å². The molecule has 3 aliphatic rings. The van der Waals surface area contributed by atoms with Crippen molar-refractivity contribution in [2.45, 2.75) is 64.8 Å². The van der Waals surface area contributed by atoms with Crippen LogP contribution in [0.15, 0.2) is 60.3 Å². The summed E-state index contributed by atoms with van der Waals surface area (Å²) in [4.78, 5) is 42.1. The number of aryl methyl sites for hydroxylation is 1. The number of carbonyl (C=O) groups excluding carboxylic acids is 3. The summed E-state index contributed by atoms with van der Waals surface area (Å²) in [6.07, 6.45) is 7.34. The highest BCUT2D eigenvalue weighted by Crippen LogP contribution is 2.50. The van der Waals surface area contributed by atoms with Crippen LogP contribution in [0.25, 0.3) is 0 Å². The first-order chi connectivity index (χ1) is 19.5. The SMILES string of the molecule is CCOC(=O)[C@]12CCCC=C1N(Cc1ccc3c(c1)OCO3)C(=O)[C@H](CC(=O)NCCCCc1ccccc1)C2. The molecule has 0 aromatic heterocycles. The lowest BCUT2D eigenvalue weighted by atomic mass is 9.66. The first-order valence-corrected chi connectivity index (χ1v) is 14.4. The van der Waals surface area contributed by atoms with Gasteiger partial charge in [0.2, 0.25) is 18.6 Å². The van der Waals surface area contributed by atoms with Crippen molar-refractivity contribution in [2.24, 2.45) is 11.3 Å². The number of carbonyl (C=O) groups is 3. The largest absolute Gasteiger partial charge is 0.465 e. The maximum Gasteiger partial charge on any atom is 0.318 e. The summed E-state index contributed by atoms with van der Waals surface area (Å²) in [7, 11) is 0. The third-order valence-corrected chi connectivity index (χ3v) is 8.07. The van der Waals surface area contributed by atoms with Crippen molar-refractivity contribution < 1.29 is 28.6 Å². The number of benzene rings is 2. The molecule has 1 aliphatic carbocycles. The zero-order chi connectivity index (χ0) is 28.0. The summed E-state index contributed by atoms with van der Waals surface area (Å²) >= 11 is 0. The maximum absolute atomic E-state index is 13.9. The Hall–Kier alpha value is -3.81. The van der Waals surface area contributed by atoms with Crippen molar-refractivity contribution in [3.8, 4) is 11.5 Å². The van der Waals surface area contributed by atoms with Gasteiger partial charge in [0.15, 0.2) is 11.5 Å². The van der Waals surface area contributed by atoms with Gasteiger partial charge < -0.3 is 24.4 Å². The molecule has 8 heteroatoms. The number of esters is 1. The standard InChI is InChI=1S/C32H38N2O6/c1-2-38-31(37)32-16-8-6-13-28(32)34(21-24-14-15-26-27(18-24)40-22-39-26)30(36)25(20-32)19-29(35)33-17-9-7-12-23-10-4-3-5-11-23/h3-5,10-11,13-15,18,25H,2,6-9,12,16-17,19-22H2,1H3,(H,33,35)/t25-,32+/m1/s1. The molecule has 2 aromatic rings. The van der Waals surface area contributed by atoms with Crippen LogP contribution in [0.5, 0.6) is 11.5 Å². The number of nitrogens with one attached hydrogen (secondary N) is 1. The molecule has 40 heavy (non-hydrogen) atoms. The third-order valence-electron chi connectivity index (χ3n) is 8.07. The predicted molar refractivity (Wildman–Crippen MR) is 149 cm³/mol. The average Bonchev–Trinajstić information content (AvgIpc) is 3.44. The number of likely N-dealkylation sites (tertiary alicyclic amines) is 1. The molecule has 2 aliphatic heterocycles. The molecule has 0 bridgehead atoms. The summed E-state index contributed by atoms with van der Waals surface area (Å²) in [6, 6.07) is 15.9. The average molecular weight is 547 g/mol. The zero-order valence-corrected chi connectivity index (χ0v) is 23.2. The van der Waals surface area contributed by atoms with Crippen molar-refractivity contribution in [3.63, 3.8) is 0 Å². The number of ether oxygens (including phenoxy) is 3. The molecule has 2 heterocycles. The minimum atomic E-state index is -0.931. The minimum absolute atomic E-state index is 0.0452. The van der Waals surface area contributed by atoms with Crippen LogP contribution in [0.4, 0.5) is 0 Å². The van der Waals surface area contributed by atoms with Crippen LogP contribution in [0.1, 0.15) is 63.0 Å². The Bertz CT molecular complexity index is 1260. The van der Waals surface area contributed by atoms with Gasteiger partial charge in [-0.25, -0.2) is 0 Å². The number of fused-ring (bicyclic) bond motifs is 2. The van der Waals surface area contributed by atoms with E-state index in [0.29, 0.717) is 30.2 Å². The fraction of sp³-hybridized carbons (Fsp3) is 0.469. The van der Waals surface area contributed by atoms with Gasteiger partial charge in [0.1, 0.15) is 5.41 Å². The van der Waals surface area contributed by atoms with E-state index in [1.165, 1.54) is 5.56 Å². The van der Waals surface area contributed by atoms with Crippen LogP contribution in [-0.2, 0) is 32.1 Å². The number of piperidine rings is 1. The summed E-state index contributed by atoms with van der Waals surface area (Å²) < 4.78 is 16.5. The second-order valence-corrected chi connectivity index (χ2v) is 10.8. The van der Waals surface area contributed by atoms with E-state index in [1.807, 2.05) is 42.5 Å². The Labute approximate surface area is 235 Å². The molecule has 8 nitrogen and oxygen atoms in total. The Morgan fingerprint density at radius 1 is 1.07 bits per heavy atom. The van der Waals surface area contributed by atoms with Gasteiger partial charge >= 0.3 is 5.97 Å². The highest BCUT2D eigenvalue weighted by molar-refractivity contribution is 5.92. The number of nitrogens with zero attached hydrogens (tertiary/aromatic N) is 1. The van der Waals surface area contributed by atoms with E-state index in [1.54, 1.807) is 11.8 Å². The molecule has 212 valence electrons. The normalized spacial score (nSPS) is 21.4. The van der Waals surface area contributed by atoms with E-state index in [4.69, 9.17) is 14.2 Å². The molecule has 2 atom stereocenters. The molecule has 2 aromatic carbocycles. The number of hydrogen-bond acceptors (Lipinski definition) is 6. The van der Waals surface area contributed by atoms with E-state index in [0.717, 1.165) is 37.7 Å². The van der Waals surface area contributed by atoms with E-state index in [9.17, 15) is 14.4 Å². The molecular formula is C32H38N2O6. The molecule has 1 N–H and O–H groups in total. The number of unbranched alkanes of at least 4 members (excludes halogenated alkanes) is 1. The molecule has 1 fully saturated rings. The van der Waals surface area contributed by atoms with Gasteiger partial charge in [-0.05, 0) is 75.1 Å². The summed E-state index contributed by atoms with van der Waals surface area (Å²) in [5, 5.41) is 3.00. The molecule has 5 rings (SSSR count). The Balaban J connectivity index is 1.29. The van der Waals surface area contributed by atoms with Gasteiger partial charge in [0.25, 0.3) is 0 Å². The summed E-state index contributed by atoms with van der Waals surface area (Å²) in [6.45, 7) is 3.06. The van der Waals surface area contributed by atoms with Gasteiger partial charge in [-0.3, -0.25) is 14.4 Å². The smallest absolute Gasteiger partial charge is 0.318 e. The van der Waals surface area contributed by atoms with Crippen LogP contribution < -0.4 is 14.8 Å². The maximum atomic E-state index is 13.9. The van der Waals surface area contributed by atoms with Crippen molar-refractivity contribution in [3.05, 3.63) is 71.4 Å².